The number of benzene rings is 2. The molecule has 3 atom stereocenters. The number of carbonyl (C=O) groups is 1. The van der Waals surface area contributed by atoms with Gasteiger partial charge < -0.3 is 10.3 Å². The van der Waals surface area contributed by atoms with Crippen molar-refractivity contribution >= 4 is 29.0 Å². The molecule has 0 spiro atoms. The second-order valence-corrected chi connectivity index (χ2v) is 8.54. The normalized spacial score (nSPS) is 21.5. The zero-order chi connectivity index (χ0) is 21.4. The zero-order valence-corrected chi connectivity index (χ0v) is 17.8. The van der Waals surface area contributed by atoms with Crippen LogP contribution >= 0.6 is 12.2 Å². The highest BCUT2D eigenvalue weighted by Gasteiger charge is 2.28. The highest BCUT2D eigenvalue weighted by molar-refractivity contribution is 7.71. The summed E-state index contributed by atoms with van der Waals surface area (Å²) in [5, 5.41) is 3.56. The molecule has 0 radical (unpaired) electrons. The predicted molar refractivity (Wildman–Crippen MR) is 118 cm³/mol. The second kappa shape index (κ2) is 8.14. The van der Waals surface area contributed by atoms with Gasteiger partial charge in [0.05, 0.1) is 16.6 Å². The largest absolute Gasteiger partial charge is 0.349 e. The number of aromatic amines is 1. The Hall–Kier alpha value is -2.80. The molecule has 1 aromatic heterocycles. The summed E-state index contributed by atoms with van der Waals surface area (Å²) < 4.78 is 14.7. The Morgan fingerprint density at radius 1 is 1.17 bits per heavy atom. The van der Waals surface area contributed by atoms with Crippen molar-refractivity contribution in [1.29, 1.82) is 0 Å². The Balaban J connectivity index is 1.67. The van der Waals surface area contributed by atoms with E-state index in [0.717, 1.165) is 12.8 Å². The van der Waals surface area contributed by atoms with Gasteiger partial charge in [-0.3, -0.25) is 14.2 Å². The van der Waals surface area contributed by atoms with Crippen LogP contribution < -0.4 is 10.9 Å². The van der Waals surface area contributed by atoms with Gasteiger partial charge in [0, 0.05) is 11.6 Å². The van der Waals surface area contributed by atoms with Crippen molar-refractivity contribution in [2.75, 3.05) is 0 Å². The van der Waals surface area contributed by atoms with Crippen molar-refractivity contribution in [3.8, 4) is 5.69 Å². The predicted octanol–water partition coefficient (Wildman–Crippen LogP) is 4.74. The maximum absolute atomic E-state index is 13.2. The number of H-pyrrole nitrogens is 1. The van der Waals surface area contributed by atoms with Crippen molar-refractivity contribution in [2.45, 2.75) is 39.2 Å². The van der Waals surface area contributed by atoms with E-state index in [1.165, 1.54) is 35.3 Å². The summed E-state index contributed by atoms with van der Waals surface area (Å²) in [6.45, 7) is 4.41. The average molecular weight is 426 g/mol. The van der Waals surface area contributed by atoms with Gasteiger partial charge in [0.15, 0.2) is 4.77 Å². The first-order valence-corrected chi connectivity index (χ1v) is 10.6. The maximum Gasteiger partial charge on any atom is 0.266 e. The van der Waals surface area contributed by atoms with E-state index in [1.807, 2.05) is 0 Å². The van der Waals surface area contributed by atoms with Gasteiger partial charge in [0.1, 0.15) is 5.82 Å². The van der Waals surface area contributed by atoms with Gasteiger partial charge in [-0.25, -0.2) is 4.39 Å². The van der Waals surface area contributed by atoms with E-state index in [2.05, 4.69) is 24.1 Å². The van der Waals surface area contributed by atoms with E-state index in [-0.39, 0.29) is 28.1 Å². The van der Waals surface area contributed by atoms with Gasteiger partial charge in [-0.05, 0) is 72.9 Å². The Morgan fingerprint density at radius 3 is 2.63 bits per heavy atom. The fourth-order valence-electron chi connectivity index (χ4n) is 4.22. The minimum Gasteiger partial charge on any atom is -0.349 e. The summed E-state index contributed by atoms with van der Waals surface area (Å²) in [7, 11) is 0. The smallest absolute Gasteiger partial charge is 0.266 e. The molecule has 1 fully saturated rings. The number of nitrogens with zero attached hydrogens (tertiary/aromatic N) is 1. The number of carbonyl (C=O) groups excluding carboxylic acids is 1. The summed E-state index contributed by atoms with van der Waals surface area (Å²) in [6, 6.07) is 10.7. The lowest BCUT2D eigenvalue weighted by molar-refractivity contribution is 0.0891. The number of halogens is 1. The van der Waals surface area contributed by atoms with Crippen LogP contribution in [-0.4, -0.2) is 21.5 Å². The molecule has 5 nitrogen and oxygen atoms in total. The summed E-state index contributed by atoms with van der Waals surface area (Å²) in [4.78, 5) is 28.9. The SMILES string of the molecule is C[C@@H]1[C@H](C)CCC[C@H]1NC(=O)c1ccc2c(=O)n(-c3ccc(F)cc3)c(=S)[nH]c2c1. The third-order valence-electron chi connectivity index (χ3n) is 6.27. The number of fused-ring (bicyclic) bond motifs is 1. The molecule has 0 unspecified atom stereocenters. The minimum atomic E-state index is -0.389. The molecule has 1 saturated carbocycles. The van der Waals surface area contributed by atoms with E-state index >= 15 is 0 Å². The molecule has 1 aliphatic rings. The van der Waals surface area contributed by atoms with Crippen molar-refractivity contribution < 1.29 is 9.18 Å². The molecule has 0 bridgehead atoms. The third-order valence-corrected chi connectivity index (χ3v) is 6.55. The van der Waals surface area contributed by atoms with Crippen LogP contribution in [0.4, 0.5) is 4.39 Å². The lowest BCUT2D eigenvalue weighted by Gasteiger charge is -2.34. The lowest BCUT2D eigenvalue weighted by atomic mass is 9.78. The highest BCUT2D eigenvalue weighted by Crippen LogP contribution is 2.29. The summed E-state index contributed by atoms with van der Waals surface area (Å²) in [6.07, 6.45) is 3.29. The quantitative estimate of drug-likeness (QED) is 0.596. The van der Waals surface area contributed by atoms with Gasteiger partial charge >= 0.3 is 0 Å². The molecule has 2 aromatic carbocycles. The molecule has 1 aliphatic carbocycles. The standard InChI is InChI=1S/C23H24FN3O2S/c1-13-4-3-5-19(14(13)2)25-21(28)15-6-11-18-20(12-15)26-23(30)27(22(18)29)17-9-7-16(24)8-10-17/h6-14,19H,3-5H2,1-2H3,(H,25,28)(H,26,30)/t13-,14-,19-/m1/s1. The molecule has 1 amide bonds. The van der Waals surface area contributed by atoms with Crippen molar-refractivity contribution in [3.05, 3.63) is 69.0 Å². The Labute approximate surface area is 178 Å². The van der Waals surface area contributed by atoms with E-state index in [4.69, 9.17) is 12.2 Å². The van der Waals surface area contributed by atoms with Crippen LogP contribution in [0.1, 0.15) is 43.5 Å². The van der Waals surface area contributed by atoms with Gasteiger partial charge in [0.2, 0.25) is 0 Å². The van der Waals surface area contributed by atoms with E-state index in [9.17, 15) is 14.0 Å². The summed E-state index contributed by atoms with van der Waals surface area (Å²) >= 11 is 5.36. The zero-order valence-electron chi connectivity index (χ0n) is 16.9. The van der Waals surface area contributed by atoms with Gasteiger partial charge in [-0.2, -0.15) is 0 Å². The van der Waals surface area contributed by atoms with Crippen molar-refractivity contribution in [1.82, 2.24) is 14.9 Å². The molecule has 3 aromatic rings. The van der Waals surface area contributed by atoms with Crippen LogP contribution in [0.25, 0.3) is 16.6 Å². The van der Waals surface area contributed by atoms with Crippen molar-refractivity contribution in [2.24, 2.45) is 11.8 Å². The first-order valence-electron chi connectivity index (χ1n) is 10.2. The molecule has 7 heteroatoms. The Morgan fingerprint density at radius 2 is 1.90 bits per heavy atom. The number of amides is 1. The molecule has 156 valence electrons. The monoisotopic (exact) mass is 425 g/mol. The molecule has 4 rings (SSSR count). The minimum absolute atomic E-state index is 0.148. The molecule has 0 saturated heterocycles. The highest BCUT2D eigenvalue weighted by atomic mass is 32.1. The van der Waals surface area contributed by atoms with E-state index in [1.54, 1.807) is 18.2 Å². The van der Waals surface area contributed by atoms with Gasteiger partial charge in [0.25, 0.3) is 11.5 Å². The molecule has 30 heavy (non-hydrogen) atoms. The number of hydrogen-bond acceptors (Lipinski definition) is 3. The fraction of sp³-hybridized carbons (Fsp3) is 0.348. The van der Waals surface area contributed by atoms with E-state index < -0.39 is 0 Å². The van der Waals surface area contributed by atoms with Crippen LogP contribution in [0.5, 0.6) is 0 Å². The van der Waals surface area contributed by atoms with E-state index in [0.29, 0.717) is 34.0 Å². The number of nitrogens with one attached hydrogen (secondary N) is 2. The van der Waals surface area contributed by atoms with Crippen LogP contribution in [0.15, 0.2) is 47.3 Å². The van der Waals surface area contributed by atoms with Crippen molar-refractivity contribution in [3.63, 3.8) is 0 Å². The fourth-order valence-corrected chi connectivity index (χ4v) is 4.52. The molecular formula is C23H24FN3O2S. The van der Waals surface area contributed by atoms with Crippen LogP contribution in [0.2, 0.25) is 0 Å². The van der Waals surface area contributed by atoms with Crippen LogP contribution in [0.3, 0.4) is 0 Å². The molecule has 2 N–H and O–H groups in total. The number of hydrogen-bond donors (Lipinski definition) is 2. The van der Waals surface area contributed by atoms with Crippen LogP contribution in [-0.2, 0) is 0 Å². The lowest BCUT2D eigenvalue weighted by Crippen LogP contribution is -2.43. The molecular weight excluding hydrogens is 401 g/mol. The maximum atomic E-state index is 13.2. The summed E-state index contributed by atoms with van der Waals surface area (Å²) in [5.74, 6) is 0.475. The first kappa shape index (κ1) is 20.5. The third kappa shape index (κ3) is 3.81. The van der Waals surface area contributed by atoms with Crippen LogP contribution in [0, 0.1) is 22.4 Å². The Bertz CT molecular complexity index is 1220. The first-order chi connectivity index (χ1) is 14.3. The Kier molecular flexibility index (Phi) is 5.56. The number of rotatable bonds is 3. The van der Waals surface area contributed by atoms with Gasteiger partial charge in [-0.1, -0.05) is 26.7 Å². The van der Waals surface area contributed by atoms with Gasteiger partial charge in [-0.15, -0.1) is 0 Å². The topological polar surface area (TPSA) is 66.9 Å². The number of aromatic nitrogens is 2. The summed E-state index contributed by atoms with van der Waals surface area (Å²) in [5.41, 5.74) is 1.15. The molecule has 1 heterocycles. The average Bonchev–Trinajstić information content (AvgIpc) is 2.72. The second-order valence-electron chi connectivity index (χ2n) is 8.15. The molecule has 0 aliphatic heterocycles.